The Labute approximate surface area is 267 Å². The van der Waals surface area contributed by atoms with Gasteiger partial charge in [0.1, 0.15) is 0 Å². The molecule has 0 amide bonds. The zero-order valence-electron chi connectivity index (χ0n) is 24.0. The molecule has 0 fully saturated rings. The van der Waals surface area contributed by atoms with Gasteiger partial charge >= 0.3 is 0 Å². The summed E-state index contributed by atoms with van der Waals surface area (Å²) in [5, 5.41) is 0. The predicted molar refractivity (Wildman–Crippen MR) is 188 cm³/mol. The first kappa shape index (κ1) is 26.8. The summed E-state index contributed by atoms with van der Waals surface area (Å²) >= 11 is 3.73. The van der Waals surface area contributed by atoms with Crippen molar-refractivity contribution in [2.45, 2.75) is 19.6 Å². The van der Waals surface area contributed by atoms with Crippen LogP contribution in [0.3, 0.4) is 0 Å². The first-order valence-electron chi connectivity index (χ1n) is 14.8. The summed E-state index contributed by atoms with van der Waals surface area (Å²) in [7, 11) is 0. The van der Waals surface area contributed by atoms with Crippen LogP contribution in [0.2, 0.25) is 0 Å². The number of rotatable bonds is 3. The molecule has 0 aromatic heterocycles. The highest BCUT2D eigenvalue weighted by Crippen LogP contribution is 2.50. The van der Waals surface area contributed by atoms with Crippen LogP contribution in [-0.2, 0) is 0 Å². The summed E-state index contributed by atoms with van der Waals surface area (Å²) in [5.74, 6) is 0. The third-order valence-electron chi connectivity index (χ3n) is 8.17. The van der Waals surface area contributed by atoms with Crippen LogP contribution in [0.15, 0.2) is 189 Å². The van der Waals surface area contributed by atoms with Crippen molar-refractivity contribution in [1.82, 2.24) is 0 Å². The molecule has 0 nitrogen and oxygen atoms in total. The molecule has 0 saturated heterocycles. The van der Waals surface area contributed by atoms with E-state index in [9.17, 15) is 0 Å². The zero-order chi connectivity index (χ0) is 29.3. The highest BCUT2D eigenvalue weighted by molar-refractivity contribution is 8.00. The SMILES string of the molecule is c1ccc(-c2cccc(-c3ccc4c(c3)Sc3cc(-c5ccccc5)ccc3-c3ccccc3Sc3ccccc3-4)c2)cc1. The lowest BCUT2D eigenvalue weighted by atomic mass is 9.97. The highest BCUT2D eigenvalue weighted by Gasteiger charge is 2.20. The van der Waals surface area contributed by atoms with Gasteiger partial charge in [-0.25, -0.2) is 0 Å². The van der Waals surface area contributed by atoms with E-state index in [1.54, 1.807) is 0 Å². The van der Waals surface area contributed by atoms with Crippen molar-refractivity contribution in [3.8, 4) is 55.6 Å². The summed E-state index contributed by atoms with van der Waals surface area (Å²) < 4.78 is 0. The lowest BCUT2D eigenvalue weighted by molar-refractivity contribution is 1.32. The fourth-order valence-corrected chi connectivity index (χ4v) is 8.24. The van der Waals surface area contributed by atoms with Gasteiger partial charge in [-0.15, -0.1) is 0 Å². The van der Waals surface area contributed by atoms with E-state index in [1.165, 1.54) is 75.2 Å². The maximum atomic E-state index is 2.39. The molecule has 1 aliphatic rings. The van der Waals surface area contributed by atoms with E-state index >= 15 is 0 Å². The molecule has 208 valence electrons. The molecular formula is C42H28S2. The van der Waals surface area contributed by atoms with Crippen LogP contribution >= 0.6 is 23.5 Å². The average molecular weight is 597 g/mol. The monoisotopic (exact) mass is 596 g/mol. The van der Waals surface area contributed by atoms with Gasteiger partial charge in [0.15, 0.2) is 0 Å². The third kappa shape index (κ3) is 5.17. The quantitative estimate of drug-likeness (QED) is 0.199. The van der Waals surface area contributed by atoms with Crippen LogP contribution in [0.4, 0.5) is 0 Å². The number of hydrogen-bond acceptors (Lipinski definition) is 2. The Kier molecular flexibility index (Phi) is 7.15. The van der Waals surface area contributed by atoms with Gasteiger partial charge < -0.3 is 0 Å². The molecule has 2 heteroatoms. The molecule has 7 aromatic rings. The number of benzene rings is 7. The van der Waals surface area contributed by atoms with Crippen molar-refractivity contribution in [2.75, 3.05) is 0 Å². The Morgan fingerprint density at radius 3 is 1.14 bits per heavy atom. The third-order valence-corrected chi connectivity index (χ3v) is 10.4. The second kappa shape index (κ2) is 11.7. The van der Waals surface area contributed by atoms with Crippen LogP contribution in [0.1, 0.15) is 0 Å². The lowest BCUT2D eigenvalue weighted by Gasteiger charge is -2.21. The van der Waals surface area contributed by atoms with Crippen LogP contribution < -0.4 is 0 Å². The van der Waals surface area contributed by atoms with Crippen molar-refractivity contribution >= 4 is 23.5 Å². The lowest BCUT2D eigenvalue weighted by Crippen LogP contribution is -1.93. The van der Waals surface area contributed by atoms with Gasteiger partial charge in [0.05, 0.1) is 0 Å². The van der Waals surface area contributed by atoms with Crippen molar-refractivity contribution in [2.24, 2.45) is 0 Å². The van der Waals surface area contributed by atoms with Gasteiger partial charge in [0.2, 0.25) is 0 Å². The molecule has 0 spiro atoms. The summed E-state index contributed by atoms with van der Waals surface area (Å²) in [5.41, 5.74) is 12.4. The molecule has 0 aliphatic carbocycles. The van der Waals surface area contributed by atoms with E-state index in [1.807, 2.05) is 23.5 Å². The van der Waals surface area contributed by atoms with E-state index in [0.717, 1.165) is 0 Å². The van der Waals surface area contributed by atoms with Crippen molar-refractivity contribution in [3.05, 3.63) is 170 Å². The van der Waals surface area contributed by atoms with E-state index < -0.39 is 0 Å². The summed E-state index contributed by atoms with van der Waals surface area (Å²) in [6.45, 7) is 0. The van der Waals surface area contributed by atoms with Crippen LogP contribution in [0.25, 0.3) is 55.6 Å². The van der Waals surface area contributed by atoms with Crippen molar-refractivity contribution in [3.63, 3.8) is 0 Å². The Balaban J connectivity index is 1.33. The van der Waals surface area contributed by atoms with Crippen molar-refractivity contribution < 1.29 is 0 Å². The first-order valence-corrected chi connectivity index (χ1v) is 16.5. The van der Waals surface area contributed by atoms with Crippen molar-refractivity contribution in [1.29, 1.82) is 0 Å². The largest absolute Gasteiger partial charge is 0.0888 e. The molecule has 0 saturated carbocycles. The van der Waals surface area contributed by atoms with E-state index in [0.29, 0.717) is 0 Å². The van der Waals surface area contributed by atoms with Gasteiger partial charge in [-0.05, 0) is 86.0 Å². The Bertz CT molecular complexity index is 2110. The number of hydrogen-bond donors (Lipinski definition) is 0. The number of fused-ring (bicyclic) bond motifs is 6. The van der Waals surface area contributed by atoms with Gasteiger partial charge in [-0.1, -0.05) is 163 Å². The van der Waals surface area contributed by atoms with Gasteiger partial charge in [0.25, 0.3) is 0 Å². The first-order chi connectivity index (χ1) is 21.8. The van der Waals surface area contributed by atoms with Crippen LogP contribution in [0, 0.1) is 0 Å². The molecule has 44 heavy (non-hydrogen) atoms. The van der Waals surface area contributed by atoms with Crippen LogP contribution in [0.5, 0.6) is 0 Å². The molecule has 1 aliphatic heterocycles. The second-order valence-electron chi connectivity index (χ2n) is 10.9. The minimum absolute atomic E-state index is 1.22. The average Bonchev–Trinajstić information content (AvgIpc) is 3.10. The van der Waals surface area contributed by atoms with E-state index in [2.05, 4.69) is 170 Å². The molecule has 0 N–H and O–H groups in total. The summed E-state index contributed by atoms with van der Waals surface area (Å²) in [4.78, 5) is 5.05. The van der Waals surface area contributed by atoms with Gasteiger partial charge in [-0.3, -0.25) is 0 Å². The Hall–Kier alpha value is -4.76. The zero-order valence-corrected chi connectivity index (χ0v) is 25.6. The topological polar surface area (TPSA) is 0 Å². The smallest absolute Gasteiger partial charge is 0.0207 e. The second-order valence-corrected chi connectivity index (χ2v) is 13.1. The molecular weight excluding hydrogens is 569 g/mol. The van der Waals surface area contributed by atoms with Gasteiger partial charge in [0, 0.05) is 19.6 Å². The highest BCUT2D eigenvalue weighted by atomic mass is 32.2. The maximum absolute atomic E-state index is 2.39. The summed E-state index contributed by atoms with van der Waals surface area (Å²) in [6, 6.07) is 61.8. The van der Waals surface area contributed by atoms with E-state index in [4.69, 9.17) is 0 Å². The standard InChI is InChI=1S/C42H28S2/c1-3-12-29(13-4-1)31-16-11-17-32(26-31)34-23-25-38-36-19-8-10-21-40(36)43-39-20-9-7-18-35(39)37-24-22-33(30-14-5-2-6-15-30)27-41(37)44-42(38)28-34/h1-28H. The molecule has 0 radical (unpaired) electrons. The molecule has 8 rings (SSSR count). The molecule has 0 unspecified atom stereocenters. The minimum Gasteiger partial charge on any atom is -0.0888 e. The maximum Gasteiger partial charge on any atom is 0.0207 e. The summed E-state index contributed by atoms with van der Waals surface area (Å²) in [6.07, 6.45) is 0. The fraction of sp³-hybridized carbons (Fsp3) is 0. The predicted octanol–water partition coefficient (Wildman–Crippen LogP) is 12.6. The minimum atomic E-state index is 1.22. The van der Waals surface area contributed by atoms with E-state index in [-0.39, 0.29) is 0 Å². The molecule has 1 heterocycles. The molecule has 0 atom stereocenters. The Morgan fingerprint density at radius 2 is 0.591 bits per heavy atom. The van der Waals surface area contributed by atoms with Crippen LogP contribution in [-0.4, -0.2) is 0 Å². The molecule has 0 bridgehead atoms. The molecule has 7 aromatic carbocycles. The fourth-order valence-electron chi connectivity index (χ4n) is 5.95. The normalized spacial score (nSPS) is 11.9. The van der Waals surface area contributed by atoms with Gasteiger partial charge in [-0.2, -0.15) is 0 Å². The Morgan fingerprint density at radius 1 is 0.227 bits per heavy atom.